The van der Waals surface area contributed by atoms with Crippen LogP contribution in [0, 0.1) is 0 Å². The molecule has 1 saturated heterocycles. The van der Waals surface area contributed by atoms with E-state index in [-0.39, 0.29) is 17.4 Å². The van der Waals surface area contributed by atoms with Crippen LogP contribution in [0.3, 0.4) is 0 Å². The highest BCUT2D eigenvalue weighted by molar-refractivity contribution is 7.86. The second kappa shape index (κ2) is 6.02. The molecule has 126 valence electrons. The topological polar surface area (TPSA) is 116 Å². The second-order valence-corrected chi connectivity index (χ2v) is 7.16. The van der Waals surface area contributed by atoms with Crippen LogP contribution in [-0.2, 0) is 19.0 Å². The smallest absolute Gasteiger partial charge is 0.265 e. The Morgan fingerprint density at radius 3 is 2.78 bits per heavy atom. The van der Waals surface area contributed by atoms with Gasteiger partial charge in [-0.15, -0.1) is 0 Å². The Kier molecular flexibility index (Phi) is 4.21. The van der Waals surface area contributed by atoms with Gasteiger partial charge in [0, 0.05) is 13.2 Å². The first-order valence-corrected chi connectivity index (χ1v) is 9.10. The number of H-pyrrole nitrogens is 1. The van der Waals surface area contributed by atoms with E-state index in [9.17, 15) is 13.2 Å². The highest BCUT2D eigenvalue weighted by Crippen LogP contribution is 2.24. The Labute approximate surface area is 132 Å². The van der Waals surface area contributed by atoms with E-state index in [2.05, 4.69) is 15.1 Å². The quantitative estimate of drug-likeness (QED) is 0.805. The maximum absolute atomic E-state index is 12.2. The maximum Gasteiger partial charge on any atom is 0.265 e. The molecule has 10 heteroatoms. The molecule has 1 aliphatic rings. The van der Waals surface area contributed by atoms with Gasteiger partial charge in [-0.05, 0) is 19.8 Å². The van der Waals surface area contributed by atoms with E-state index in [1.54, 1.807) is 4.68 Å². The third-order valence-corrected chi connectivity index (χ3v) is 4.36. The summed E-state index contributed by atoms with van der Waals surface area (Å²) < 4.78 is 34.4. The molecule has 2 aromatic rings. The summed E-state index contributed by atoms with van der Waals surface area (Å²) in [5.41, 5.74) is 0.0619. The number of aromatic amines is 1. The van der Waals surface area contributed by atoms with Crippen molar-refractivity contribution in [3.8, 4) is 0 Å². The van der Waals surface area contributed by atoms with E-state index in [0.29, 0.717) is 24.2 Å². The third kappa shape index (κ3) is 3.43. The zero-order valence-corrected chi connectivity index (χ0v) is 13.7. The Hall–Kier alpha value is -1.78. The van der Waals surface area contributed by atoms with Crippen LogP contribution in [0.1, 0.15) is 37.7 Å². The monoisotopic (exact) mass is 342 g/mol. The first kappa shape index (κ1) is 16.1. The molecule has 0 amide bonds. The molecule has 0 aliphatic carbocycles. The molecule has 1 aliphatic heterocycles. The zero-order valence-electron chi connectivity index (χ0n) is 12.9. The fourth-order valence-corrected chi connectivity index (χ4v) is 3.27. The Morgan fingerprint density at radius 1 is 1.43 bits per heavy atom. The van der Waals surface area contributed by atoms with Crippen molar-refractivity contribution in [1.82, 2.24) is 19.7 Å². The van der Waals surface area contributed by atoms with Crippen LogP contribution in [0.5, 0.6) is 0 Å². The summed E-state index contributed by atoms with van der Waals surface area (Å²) in [5, 5.41) is 4.64. The van der Waals surface area contributed by atoms with Crippen LogP contribution in [0.15, 0.2) is 11.0 Å². The minimum absolute atomic E-state index is 0.106. The van der Waals surface area contributed by atoms with Gasteiger partial charge in [0.2, 0.25) is 0 Å². The van der Waals surface area contributed by atoms with Gasteiger partial charge in [-0.3, -0.25) is 8.98 Å². The summed E-state index contributed by atoms with van der Waals surface area (Å²) in [6.07, 6.45) is 3.11. The summed E-state index contributed by atoms with van der Waals surface area (Å²) in [7, 11) is -3.66. The van der Waals surface area contributed by atoms with Crippen molar-refractivity contribution < 1.29 is 17.3 Å². The number of nitrogens with one attached hydrogen (secondary N) is 1. The van der Waals surface area contributed by atoms with Gasteiger partial charge in [0.15, 0.2) is 5.65 Å². The molecular formula is C13H18N4O5S. The van der Waals surface area contributed by atoms with E-state index in [4.69, 9.17) is 8.92 Å². The van der Waals surface area contributed by atoms with Crippen LogP contribution in [-0.4, -0.2) is 47.6 Å². The molecule has 0 aromatic carbocycles. The van der Waals surface area contributed by atoms with Gasteiger partial charge in [-0.25, -0.2) is 9.67 Å². The summed E-state index contributed by atoms with van der Waals surface area (Å²) in [6.45, 7) is 2.78. The molecule has 9 nitrogen and oxygen atoms in total. The average molecular weight is 342 g/mol. The molecule has 3 rings (SSSR count). The summed E-state index contributed by atoms with van der Waals surface area (Å²) in [5.74, 6) is 0.154. The van der Waals surface area contributed by atoms with Crippen molar-refractivity contribution >= 4 is 21.2 Å². The number of rotatable bonds is 4. The minimum atomic E-state index is -3.66. The molecule has 1 unspecified atom stereocenters. The van der Waals surface area contributed by atoms with Gasteiger partial charge in [-0.2, -0.15) is 13.5 Å². The molecule has 2 aromatic heterocycles. The van der Waals surface area contributed by atoms with Crippen molar-refractivity contribution in [2.75, 3.05) is 19.5 Å². The van der Waals surface area contributed by atoms with Gasteiger partial charge >= 0.3 is 0 Å². The highest BCUT2D eigenvalue weighted by atomic mass is 32.2. The Bertz CT molecular complexity index is 866. The van der Waals surface area contributed by atoms with E-state index in [1.807, 2.05) is 0 Å². The fourth-order valence-electron chi connectivity index (χ4n) is 2.65. The molecule has 23 heavy (non-hydrogen) atoms. The summed E-state index contributed by atoms with van der Waals surface area (Å²) >= 11 is 0. The molecule has 0 saturated carbocycles. The van der Waals surface area contributed by atoms with Crippen LogP contribution in [0.25, 0.3) is 11.0 Å². The van der Waals surface area contributed by atoms with Crippen molar-refractivity contribution in [2.24, 2.45) is 0 Å². The predicted molar refractivity (Wildman–Crippen MR) is 81.6 cm³/mol. The standard InChI is InChI=1S/C13H18N4O5S/c1-8(22-23(2,19)20)11-15-12-10(13(18)16-11)7-14-17(12)9-3-5-21-6-4-9/h7-9H,3-6H2,1-2H3,(H,15,16,18). The normalized spacial score (nSPS) is 18.3. The van der Waals surface area contributed by atoms with Crippen LogP contribution in [0.2, 0.25) is 0 Å². The molecule has 0 bridgehead atoms. The van der Waals surface area contributed by atoms with Crippen LogP contribution >= 0.6 is 0 Å². The molecule has 3 heterocycles. The first-order valence-electron chi connectivity index (χ1n) is 7.28. The van der Waals surface area contributed by atoms with Gasteiger partial charge in [0.25, 0.3) is 15.7 Å². The van der Waals surface area contributed by atoms with E-state index >= 15 is 0 Å². The number of aromatic nitrogens is 4. The number of hydrogen-bond acceptors (Lipinski definition) is 7. The molecule has 1 atom stereocenters. The molecule has 0 spiro atoms. The molecule has 1 N–H and O–H groups in total. The second-order valence-electron chi connectivity index (χ2n) is 5.56. The van der Waals surface area contributed by atoms with Crippen LogP contribution < -0.4 is 5.56 Å². The number of nitrogens with zero attached hydrogens (tertiary/aromatic N) is 3. The zero-order chi connectivity index (χ0) is 16.6. The lowest BCUT2D eigenvalue weighted by atomic mass is 10.1. The minimum Gasteiger partial charge on any atom is -0.381 e. The highest BCUT2D eigenvalue weighted by Gasteiger charge is 2.22. The first-order chi connectivity index (χ1) is 10.8. The fraction of sp³-hybridized carbons (Fsp3) is 0.615. The lowest BCUT2D eigenvalue weighted by molar-refractivity contribution is 0.0673. The summed E-state index contributed by atoms with van der Waals surface area (Å²) in [6, 6.07) is 0.106. The van der Waals surface area contributed by atoms with Crippen molar-refractivity contribution in [3.63, 3.8) is 0 Å². The van der Waals surface area contributed by atoms with E-state index in [1.165, 1.54) is 13.1 Å². The van der Waals surface area contributed by atoms with Gasteiger partial charge in [0.1, 0.15) is 17.3 Å². The van der Waals surface area contributed by atoms with Crippen LogP contribution in [0.4, 0.5) is 0 Å². The number of ether oxygens (including phenoxy) is 1. The number of hydrogen-bond donors (Lipinski definition) is 1. The van der Waals surface area contributed by atoms with Crippen molar-refractivity contribution in [1.29, 1.82) is 0 Å². The Morgan fingerprint density at radius 2 is 2.13 bits per heavy atom. The lowest BCUT2D eigenvalue weighted by Crippen LogP contribution is -2.22. The SMILES string of the molecule is CC(OS(C)(=O)=O)c1nc2c(cnn2C2CCOCC2)c(=O)[nH]1. The number of fused-ring (bicyclic) bond motifs is 1. The van der Waals surface area contributed by atoms with Gasteiger partial charge in [-0.1, -0.05) is 0 Å². The lowest BCUT2D eigenvalue weighted by Gasteiger charge is -2.22. The Balaban J connectivity index is 2.03. The van der Waals surface area contributed by atoms with Crippen molar-refractivity contribution in [2.45, 2.75) is 31.9 Å². The van der Waals surface area contributed by atoms with Crippen molar-refractivity contribution in [3.05, 3.63) is 22.4 Å². The van der Waals surface area contributed by atoms with E-state index < -0.39 is 16.2 Å². The molecule has 0 radical (unpaired) electrons. The summed E-state index contributed by atoms with van der Waals surface area (Å²) in [4.78, 5) is 19.1. The third-order valence-electron chi connectivity index (χ3n) is 3.72. The molecular weight excluding hydrogens is 324 g/mol. The molecule has 1 fully saturated rings. The van der Waals surface area contributed by atoms with Gasteiger partial charge in [0.05, 0.1) is 18.5 Å². The predicted octanol–water partition coefficient (Wildman–Crippen LogP) is 0.508. The average Bonchev–Trinajstić information content (AvgIpc) is 2.91. The maximum atomic E-state index is 12.2. The van der Waals surface area contributed by atoms with E-state index in [0.717, 1.165) is 19.1 Å². The largest absolute Gasteiger partial charge is 0.381 e. The van der Waals surface area contributed by atoms with Gasteiger partial charge < -0.3 is 9.72 Å².